The molecule has 4 nitrogen and oxygen atoms in total. The Hall–Kier alpha value is -1.84. The molecule has 1 aliphatic rings. The van der Waals surface area contributed by atoms with Gasteiger partial charge in [0.05, 0.1) is 5.56 Å². The molecule has 3 N–H and O–H groups in total. The maximum atomic E-state index is 11.3. The van der Waals surface area contributed by atoms with E-state index in [1.54, 1.807) is 6.07 Å². The van der Waals surface area contributed by atoms with Crippen molar-refractivity contribution in [3.8, 4) is 0 Å². The maximum Gasteiger partial charge on any atom is 0.335 e. The predicted molar refractivity (Wildman–Crippen MR) is 72.4 cm³/mol. The second-order valence-electron chi connectivity index (χ2n) is 5.16. The molecule has 0 aliphatic heterocycles. The summed E-state index contributed by atoms with van der Waals surface area (Å²) in [6.07, 6.45) is 6.61. The summed E-state index contributed by atoms with van der Waals surface area (Å²) < 4.78 is 0. The number of aromatic carboxylic acids is 1. The number of primary amides is 1. The first-order valence-electron chi connectivity index (χ1n) is 6.76. The SMILES string of the molecule is NC(=O)c1ccc(C(=O)O)c(C2CCCCCC2)c1. The summed E-state index contributed by atoms with van der Waals surface area (Å²) in [6, 6.07) is 4.66. The van der Waals surface area contributed by atoms with Crippen LogP contribution < -0.4 is 5.73 Å². The van der Waals surface area contributed by atoms with E-state index >= 15 is 0 Å². The van der Waals surface area contributed by atoms with Crippen molar-refractivity contribution in [3.05, 3.63) is 34.9 Å². The van der Waals surface area contributed by atoms with Gasteiger partial charge in [0.15, 0.2) is 0 Å². The Morgan fingerprint density at radius 2 is 1.74 bits per heavy atom. The number of carbonyl (C=O) groups excluding carboxylic acids is 1. The van der Waals surface area contributed by atoms with E-state index < -0.39 is 11.9 Å². The molecule has 102 valence electrons. The Bertz CT molecular complexity index is 488. The molecule has 1 fully saturated rings. The van der Waals surface area contributed by atoms with Crippen LogP contribution in [0.3, 0.4) is 0 Å². The minimum absolute atomic E-state index is 0.230. The van der Waals surface area contributed by atoms with Crippen molar-refractivity contribution in [2.24, 2.45) is 5.73 Å². The number of amides is 1. The molecular weight excluding hydrogens is 242 g/mol. The van der Waals surface area contributed by atoms with Crippen molar-refractivity contribution in [1.82, 2.24) is 0 Å². The molecule has 0 bridgehead atoms. The van der Waals surface area contributed by atoms with Crippen molar-refractivity contribution in [1.29, 1.82) is 0 Å². The first-order chi connectivity index (χ1) is 9.09. The third-order valence-electron chi connectivity index (χ3n) is 3.86. The number of benzene rings is 1. The van der Waals surface area contributed by atoms with Crippen LogP contribution in [0.4, 0.5) is 0 Å². The van der Waals surface area contributed by atoms with Gasteiger partial charge in [-0.05, 0) is 42.5 Å². The molecule has 1 aromatic rings. The zero-order chi connectivity index (χ0) is 13.8. The molecule has 0 spiro atoms. The van der Waals surface area contributed by atoms with Crippen molar-refractivity contribution < 1.29 is 14.7 Å². The van der Waals surface area contributed by atoms with E-state index in [1.165, 1.54) is 25.0 Å². The molecule has 1 amide bonds. The number of carbonyl (C=O) groups is 2. The molecule has 0 radical (unpaired) electrons. The topological polar surface area (TPSA) is 80.4 Å². The molecule has 0 saturated heterocycles. The smallest absolute Gasteiger partial charge is 0.335 e. The van der Waals surface area contributed by atoms with Gasteiger partial charge in [-0.15, -0.1) is 0 Å². The Labute approximate surface area is 112 Å². The predicted octanol–water partition coefficient (Wildman–Crippen LogP) is 2.92. The van der Waals surface area contributed by atoms with Crippen LogP contribution in [0, 0.1) is 0 Å². The molecular formula is C15H19NO3. The molecule has 0 heterocycles. The summed E-state index contributed by atoms with van der Waals surface area (Å²) >= 11 is 0. The van der Waals surface area contributed by atoms with Gasteiger partial charge in [0.1, 0.15) is 0 Å². The number of carboxylic acid groups (broad SMARTS) is 1. The molecule has 0 aromatic heterocycles. The van der Waals surface area contributed by atoms with Crippen molar-refractivity contribution in [2.45, 2.75) is 44.4 Å². The van der Waals surface area contributed by atoms with Crippen LogP contribution in [0.1, 0.15) is 70.7 Å². The number of nitrogens with two attached hydrogens (primary N) is 1. The summed E-state index contributed by atoms with van der Waals surface area (Å²) in [5.41, 5.74) is 6.75. The summed E-state index contributed by atoms with van der Waals surface area (Å²) in [6.45, 7) is 0. The lowest BCUT2D eigenvalue weighted by Gasteiger charge is -2.17. The highest BCUT2D eigenvalue weighted by atomic mass is 16.4. The Morgan fingerprint density at radius 3 is 2.26 bits per heavy atom. The Kier molecular flexibility index (Phi) is 4.20. The third kappa shape index (κ3) is 3.13. The second kappa shape index (κ2) is 5.87. The van der Waals surface area contributed by atoms with E-state index in [0.717, 1.165) is 31.2 Å². The fourth-order valence-electron chi connectivity index (χ4n) is 2.84. The van der Waals surface area contributed by atoms with Crippen LogP contribution in [0.2, 0.25) is 0 Å². The van der Waals surface area contributed by atoms with Crippen LogP contribution in [0.15, 0.2) is 18.2 Å². The van der Waals surface area contributed by atoms with Gasteiger partial charge in [-0.3, -0.25) is 4.79 Å². The van der Waals surface area contributed by atoms with E-state index in [0.29, 0.717) is 11.1 Å². The van der Waals surface area contributed by atoms with Gasteiger partial charge in [0.25, 0.3) is 0 Å². The van der Waals surface area contributed by atoms with Crippen LogP contribution in [-0.2, 0) is 0 Å². The zero-order valence-corrected chi connectivity index (χ0v) is 10.9. The fourth-order valence-corrected chi connectivity index (χ4v) is 2.84. The van der Waals surface area contributed by atoms with Crippen LogP contribution >= 0.6 is 0 Å². The monoisotopic (exact) mass is 261 g/mol. The number of rotatable bonds is 3. The normalized spacial score (nSPS) is 16.8. The molecule has 0 atom stereocenters. The highest BCUT2D eigenvalue weighted by Crippen LogP contribution is 2.34. The number of carboxylic acids is 1. The summed E-state index contributed by atoms with van der Waals surface area (Å²) in [7, 11) is 0. The van der Waals surface area contributed by atoms with E-state index in [1.807, 2.05) is 0 Å². The molecule has 1 saturated carbocycles. The fraction of sp³-hybridized carbons (Fsp3) is 0.467. The molecule has 4 heteroatoms. The van der Waals surface area contributed by atoms with Crippen molar-refractivity contribution in [2.75, 3.05) is 0 Å². The number of hydrogen-bond donors (Lipinski definition) is 2. The molecule has 2 rings (SSSR count). The van der Waals surface area contributed by atoms with Gasteiger partial charge in [-0.25, -0.2) is 4.79 Å². The minimum Gasteiger partial charge on any atom is -0.478 e. The highest BCUT2D eigenvalue weighted by Gasteiger charge is 2.21. The Morgan fingerprint density at radius 1 is 1.11 bits per heavy atom. The second-order valence-corrected chi connectivity index (χ2v) is 5.16. The van der Waals surface area contributed by atoms with Gasteiger partial charge in [-0.2, -0.15) is 0 Å². The standard InChI is InChI=1S/C15H19NO3/c16-14(17)11-7-8-12(15(18)19)13(9-11)10-5-3-1-2-4-6-10/h7-10H,1-6H2,(H2,16,17)(H,18,19). The zero-order valence-electron chi connectivity index (χ0n) is 10.9. The lowest BCUT2D eigenvalue weighted by molar-refractivity contribution is 0.0694. The van der Waals surface area contributed by atoms with Gasteiger partial charge < -0.3 is 10.8 Å². The average Bonchev–Trinajstić information content (AvgIpc) is 2.66. The van der Waals surface area contributed by atoms with Crippen molar-refractivity contribution in [3.63, 3.8) is 0 Å². The van der Waals surface area contributed by atoms with Gasteiger partial charge in [0, 0.05) is 5.56 Å². The van der Waals surface area contributed by atoms with E-state index in [2.05, 4.69) is 0 Å². The summed E-state index contributed by atoms with van der Waals surface area (Å²) in [5.74, 6) is -1.21. The summed E-state index contributed by atoms with van der Waals surface area (Å²) in [4.78, 5) is 22.6. The lowest BCUT2D eigenvalue weighted by Crippen LogP contribution is -2.14. The first kappa shape index (κ1) is 13.6. The first-order valence-corrected chi connectivity index (χ1v) is 6.76. The van der Waals surface area contributed by atoms with Crippen molar-refractivity contribution >= 4 is 11.9 Å². The lowest BCUT2D eigenvalue weighted by atomic mass is 9.87. The quantitative estimate of drug-likeness (QED) is 0.821. The largest absolute Gasteiger partial charge is 0.478 e. The van der Waals surface area contributed by atoms with Crippen LogP contribution in [-0.4, -0.2) is 17.0 Å². The van der Waals surface area contributed by atoms with E-state index in [-0.39, 0.29) is 5.92 Å². The highest BCUT2D eigenvalue weighted by molar-refractivity contribution is 5.96. The molecule has 19 heavy (non-hydrogen) atoms. The van der Waals surface area contributed by atoms with Gasteiger partial charge in [-0.1, -0.05) is 25.7 Å². The third-order valence-corrected chi connectivity index (χ3v) is 3.86. The Balaban J connectivity index is 2.41. The molecule has 1 aromatic carbocycles. The van der Waals surface area contributed by atoms with Crippen LogP contribution in [0.25, 0.3) is 0 Å². The van der Waals surface area contributed by atoms with Gasteiger partial charge in [0.2, 0.25) is 5.91 Å². The average molecular weight is 261 g/mol. The van der Waals surface area contributed by atoms with E-state index in [9.17, 15) is 14.7 Å². The minimum atomic E-state index is -0.935. The molecule has 1 aliphatic carbocycles. The number of hydrogen-bond acceptors (Lipinski definition) is 2. The van der Waals surface area contributed by atoms with E-state index in [4.69, 9.17) is 5.73 Å². The molecule has 0 unspecified atom stereocenters. The summed E-state index contributed by atoms with van der Waals surface area (Å²) in [5, 5.41) is 9.28. The maximum absolute atomic E-state index is 11.3. The van der Waals surface area contributed by atoms with Gasteiger partial charge >= 0.3 is 5.97 Å². The van der Waals surface area contributed by atoms with Crippen LogP contribution in [0.5, 0.6) is 0 Å².